The van der Waals surface area contributed by atoms with Gasteiger partial charge in [0.05, 0.1) is 0 Å². The predicted molar refractivity (Wildman–Crippen MR) is 71.3 cm³/mol. The van der Waals surface area contributed by atoms with E-state index in [0.717, 1.165) is 19.3 Å². The summed E-state index contributed by atoms with van der Waals surface area (Å²) < 4.78 is 40.5. The molecule has 0 saturated carbocycles. The first-order valence-corrected chi connectivity index (χ1v) is 8.13. The third kappa shape index (κ3) is 2.60. The van der Waals surface area contributed by atoms with E-state index in [1.165, 1.54) is 16.4 Å². The van der Waals surface area contributed by atoms with Crippen molar-refractivity contribution in [1.82, 2.24) is 4.31 Å². The van der Waals surface area contributed by atoms with Gasteiger partial charge < -0.3 is 0 Å². The SMILES string of the molecule is C[C@H]1CCCCN1S(=O)(=O)c1ccc(Br)cc1F. The summed E-state index contributed by atoms with van der Waals surface area (Å²) in [7, 11) is -3.72. The summed E-state index contributed by atoms with van der Waals surface area (Å²) in [5, 5.41) is 0. The quantitative estimate of drug-likeness (QED) is 0.832. The van der Waals surface area contributed by atoms with E-state index >= 15 is 0 Å². The molecule has 18 heavy (non-hydrogen) atoms. The van der Waals surface area contributed by atoms with Gasteiger partial charge in [-0.3, -0.25) is 0 Å². The minimum Gasteiger partial charge on any atom is -0.207 e. The highest BCUT2D eigenvalue weighted by Crippen LogP contribution is 2.27. The maximum absolute atomic E-state index is 13.8. The second-order valence-electron chi connectivity index (χ2n) is 4.54. The van der Waals surface area contributed by atoms with Crippen LogP contribution < -0.4 is 0 Å². The summed E-state index contributed by atoms with van der Waals surface area (Å²) in [5.41, 5.74) is 0. The summed E-state index contributed by atoms with van der Waals surface area (Å²) in [6.07, 6.45) is 2.69. The zero-order valence-electron chi connectivity index (χ0n) is 10.1. The van der Waals surface area contributed by atoms with E-state index < -0.39 is 15.8 Å². The average molecular weight is 336 g/mol. The Hall–Kier alpha value is -0.460. The minimum atomic E-state index is -3.72. The van der Waals surface area contributed by atoms with Gasteiger partial charge in [-0.1, -0.05) is 22.4 Å². The Morgan fingerprint density at radius 1 is 1.39 bits per heavy atom. The fourth-order valence-electron chi connectivity index (χ4n) is 2.24. The van der Waals surface area contributed by atoms with Crippen molar-refractivity contribution >= 4 is 26.0 Å². The highest BCUT2D eigenvalue weighted by molar-refractivity contribution is 9.10. The van der Waals surface area contributed by atoms with Crippen LogP contribution in [0.1, 0.15) is 26.2 Å². The smallest absolute Gasteiger partial charge is 0.207 e. The molecule has 6 heteroatoms. The Morgan fingerprint density at radius 2 is 2.11 bits per heavy atom. The zero-order valence-corrected chi connectivity index (χ0v) is 12.5. The lowest BCUT2D eigenvalue weighted by atomic mass is 10.1. The van der Waals surface area contributed by atoms with Crippen molar-refractivity contribution < 1.29 is 12.8 Å². The van der Waals surface area contributed by atoms with Crippen molar-refractivity contribution in [3.05, 3.63) is 28.5 Å². The highest BCUT2D eigenvalue weighted by Gasteiger charge is 2.32. The summed E-state index contributed by atoms with van der Waals surface area (Å²) in [5.74, 6) is -0.706. The van der Waals surface area contributed by atoms with E-state index in [4.69, 9.17) is 0 Å². The van der Waals surface area contributed by atoms with Crippen LogP contribution in [-0.2, 0) is 10.0 Å². The van der Waals surface area contributed by atoms with E-state index in [-0.39, 0.29) is 10.9 Å². The number of rotatable bonds is 2. The van der Waals surface area contributed by atoms with Gasteiger partial charge in [0.15, 0.2) is 0 Å². The van der Waals surface area contributed by atoms with Crippen LogP contribution in [0.4, 0.5) is 4.39 Å². The van der Waals surface area contributed by atoms with Crippen LogP contribution in [-0.4, -0.2) is 25.3 Å². The van der Waals surface area contributed by atoms with Gasteiger partial charge in [0.1, 0.15) is 10.7 Å². The molecule has 0 amide bonds. The lowest BCUT2D eigenvalue weighted by molar-refractivity contribution is 0.268. The molecule has 1 atom stereocenters. The molecule has 0 radical (unpaired) electrons. The van der Waals surface area contributed by atoms with Gasteiger partial charge in [0.2, 0.25) is 10.0 Å². The number of hydrogen-bond acceptors (Lipinski definition) is 2. The molecule has 0 aliphatic carbocycles. The normalized spacial score (nSPS) is 22.1. The topological polar surface area (TPSA) is 37.4 Å². The molecule has 0 N–H and O–H groups in total. The average Bonchev–Trinajstić information content (AvgIpc) is 2.28. The van der Waals surface area contributed by atoms with Crippen LogP contribution in [0.3, 0.4) is 0 Å². The van der Waals surface area contributed by atoms with Crippen LogP contribution in [0.2, 0.25) is 0 Å². The van der Waals surface area contributed by atoms with E-state index in [1.54, 1.807) is 6.07 Å². The van der Waals surface area contributed by atoms with E-state index in [0.29, 0.717) is 11.0 Å². The number of halogens is 2. The number of nitrogens with zero attached hydrogens (tertiary/aromatic N) is 1. The monoisotopic (exact) mass is 335 g/mol. The lowest BCUT2D eigenvalue weighted by Gasteiger charge is -2.32. The van der Waals surface area contributed by atoms with Gasteiger partial charge in [-0.2, -0.15) is 4.31 Å². The number of benzene rings is 1. The lowest BCUT2D eigenvalue weighted by Crippen LogP contribution is -2.42. The van der Waals surface area contributed by atoms with Gasteiger partial charge >= 0.3 is 0 Å². The molecule has 1 fully saturated rings. The molecular weight excluding hydrogens is 321 g/mol. The fourth-order valence-corrected chi connectivity index (χ4v) is 4.32. The molecule has 0 unspecified atom stereocenters. The third-order valence-electron chi connectivity index (χ3n) is 3.22. The number of hydrogen-bond donors (Lipinski definition) is 0. The van der Waals surface area contributed by atoms with E-state index in [1.807, 2.05) is 6.92 Å². The van der Waals surface area contributed by atoms with Crippen LogP contribution in [0, 0.1) is 5.82 Å². The standard InChI is InChI=1S/C12H15BrFNO2S/c1-9-4-2-3-7-15(9)18(16,17)12-6-5-10(13)8-11(12)14/h5-6,8-9H,2-4,7H2,1H3/t9-/m0/s1. The van der Waals surface area contributed by atoms with Crippen LogP contribution in [0.15, 0.2) is 27.6 Å². The zero-order chi connectivity index (χ0) is 13.3. The Labute approximate surface area is 115 Å². The molecule has 1 aromatic rings. The van der Waals surface area contributed by atoms with Gasteiger partial charge in [-0.05, 0) is 38.0 Å². The summed E-state index contributed by atoms with van der Waals surface area (Å²) in [4.78, 5) is -0.237. The molecule has 0 bridgehead atoms. The Bertz CT molecular complexity index is 547. The molecule has 0 aromatic heterocycles. The maximum atomic E-state index is 13.8. The third-order valence-corrected chi connectivity index (χ3v) is 5.76. The molecule has 1 aliphatic heterocycles. The molecule has 1 heterocycles. The van der Waals surface area contributed by atoms with Crippen LogP contribution >= 0.6 is 15.9 Å². The Morgan fingerprint density at radius 3 is 2.72 bits per heavy atom. The molecular formula is C12H15BrFNO2S. The molecule has 1 aromatic carbocycles. The number of piperidine rings is 1. The maximum Gasteiger partial charge on any atom is 0.246 e. The van der Waals surface area contributed by atoms with E-state index in [9.17, 15) is 12.8 Å². The van der Waals surface area contributed by atoms with E-state index in [2.05, 4.69) is 15.9 Å². The van der Waals surface area contributed by atoms with Crippen molar-refractivity contribution in [3.63, 3.8) is 0 Å². The van der Waals surface area contributed by atoms with Gasteiger partial charge in [0.25, 0.3) is 0 Å². The van der Waals surface area contributed by atoms with Gasteiger partial charge in [0, 0.05) is 17.1 Å². The van der Waals surface area contributed by atoms with Crippen molar-refractivity contribution in [2.45, 2.75) is 37.1 Å². The molecule has 1 saturated heterocycles. The van der Waals surface area contributed by atoms with Crippen molar-refractivity contribution in [3.8, 4) is 0 Å². The Balaban J connectivity index is 2.41. The first-order chi connectivity index (χ1) is 8.43. The van der Waals surface area contributed by atoms with Crippen molar-refractivity contribution in [2.75, 3.05) is 6.54 Å². The predicted octanol–water partition coefficient (Wildman–Crippen LogP) is 3.15. The van der Waals surface area contributed by atoms with Gasteiger partial charge in [-0.25, -0.2) is 12.8 Å². The largest absolute Gasteiger partial charge is 0.246 e. The fraction of sp³-hybridized carbons (Fsp3) is 0.500. The van der Waals surface area contributed by atoms with Crippen LogP contribution in [0.25, 0.3) is 0 Å². The summed E-state index contributed by atoms with van der Waals surface area (Å²) >= 11 is 3.12. The van der Waals surface area contributed by atoms with Crippen LogP contribution in [0.5, 0.6) is 0 Å². The Kier molecular flexibility index (Phi) is 4.08. The second kappa shape index (κ2) is 5.27. The highest BCUT2D eigenvalue weighted by atomic mass is 79.9. The molecule has 0 spiro atoms. The molecule has 100 valence electrons. The minimum absolute atomic E-state index is 0.0632. The summed E-state index contributed by atoms with van der Waals surface area (Å²) in [6.45, 7) is 2.34. The van der Waals surface area contributed by atoms with Gasteiger partial charge in [-0.15, -0.1) is 0 Å². The first kappa shape index (κ1) is 14.0. The molecule has 2 rings (SSSR count). The van der Waals surface area contributed by atoms with Crippen molar-refractivity contribution in [1.29, 1.82) is 0 Å². The summed E-state index contributed by atoms with van der Waals surface area (Å²) in [6, 6.07) is 3.98. The molecule has 3 nitrogen and oxygen atoms in total. The molecule has 1 aliphatic rings. The number of sulfonamides is 1. The van der Waals surface area contributed by atoms with Crippen molar-refractivity contribution in [2.24, 2.45) is 0 Å². The first-order valence-electron chi connectivity index (χ1n) is 5.90. The second-order valence-corrected chi connectivity index (χ2v) is 7.31.